The molecule has 42 valence electrons. The average molecular weight is 157 g/mol. The fraction of sp³-hybridized carbons (Fsp3) is 1.00. The van der Waals surface area contributed by atoms with Crippen LogP contribution >= 0.6 is 35.8 Å². The lowest BCUT2D eigenvalue weighted by molar-refractivity contribution is 0.892. The van der Waals surface area contributed by atoms with Crippen molar-refractivity contribution in [3.05, 3.63) is 0 Å². The topological polar surface area (TPSA) is 0 Å². The molecule has 3 heteroatoms. The minimum atomic E-state index is -0.750. The van der Waals surface area contributed by atoms with Crippen LogP contribution in [0, 0.1) is 5.92 Å². The fourth-order valence-corrected chi connectivity index (χ4v) is 1.13. The van der Waals surface area contributed by atoms with Crippen LogP contribution in [0.1, 0.15) is 12.8 Å². The predicted molar refractivity (Wildman–Crippen MR) is 36.1 cm³/mol. The Bertz CT molecular complexity index is 72.2. The molecule has 0 aromatic heterocycles. The van der Waals surface area contributed by atoms with E-state index >= 15 is 0 Å². The summed E-state index contributed by atoms with van der Waals surface area (Å²) in [5, 5.41) is 0. The normalized spacial score (nSPS) is 22.7. The van der Waals surface area contributed by atoms with Gasteiger partial charge in [-0.15, -0.1) is 12.6 Å². The molecule has 0 N–H and O–H groups in total. The van der Waals surface area contributed by atoms with Gasteiger partial charge in [0.1, 0.15) is 0 Å². The minimum Gasteiger partial charge on any atom is -0.141 e. The van der Waals surface area contributed by atoms with Gasteiger partial charge in [0.2, 0.25) is 0 Å². The molecule has 1 rings (SSSR count). The Labute approximate surface area is 58.6 Å². The molecule has 0 nitrogen and oxygen atoms in total. The second kappa shape index (κ2) is 1.71. The summed E-state index contributed by atoms with van der Waals surface area (Å²) in [7, 11) is 0. The first kappa shape index (κ1) is 6.06. The molecule has 1 aliphatic rings. The van der Waals surface area contributed by atoms with Crippen LogP contribution in [0.3, 0.4) is 0 Å². The second-order valence-corrected chi connectivity index (χ2v) is 4.48. The third-order valence-electron chi connectivity index (χ3n) is 1.07. The van der Waals surface area contributed by atoms with E-state index in [1.807, 2.05) is 0 Å². The number of hydrogen-bond acceptors (Lipinski definition) is 1. The zero-order valence-corrected chi connectivity index (χ0v) is 6.10. The van der Waals surface area contributed by atoms with Crippen LogP contribution < -0.4 is 0 Å². The molecular weight excluding hydrogens is 151 g/mol. The van der Waals surface area contributed by atoms with Crippen molar-refractivity contribution in [1.29, 1.82) is 0 Å². The molecule has 1 fully saturated rings. The van der Waals surface area contributed by atoms with E-state index < -0.39 is 3.67 Å². The summed E-state index contributed by atoms with van der Waals surface area (Å²) in [6, 6.07) is 0. The standard InChI is InChI=1S/C4H6Cl2S/c5-4(6,7)3-1-2-3/h3,7H,1-2H2. The van der Waals surface area contributed by atoms with Crippen LogP contribution in [0.25, 0.3) is 0 Å². The molecule has 0 spiro atoms. The summed E-state index contributed by atoms with van der Waals surface area (Å²) in [6.07, 6.45) is 2.27. The van der Waals surface area contributed by atoms with E-state index in [-0.39, 0.29) is 0 Å². The van der Waals surface area contributed by atoms with Crippen LogP contribution in [0.2, 0.25) is 0 Å². The Kier molecular flexibility index (Phi) is 1.48. The first-order valence-electron chi connectivity index (χ1n) is 2.21. The number of alkyl halides is 2. The zero-order chi connectivity index (χ0) is 5.49. The fourth-order valence-electron chi connectivity index (χ4n) is 0.431. The van der Waals surface area contributed by atoms with E-state index in [0.717, 1.165) is 12.8 Å². The Hall–Kier alpha value is 0.930. The van der Waals surface area contributed by atoms with Crippen LogP contribution in [0.15, 0.2) is 0 Å². The van der Waals surface area contributed by atoms with E-state index in [0.29, 0.717) is 5.92 Å². The lowest BCUT2D eigenvalue weighted by atomic mass is 10.5. The van der Waals surface area contributed by atoms with Crippen molar-refractivity contribution >= 4 is 35.8 Å². The highest BCUT2D eigenvalue weighted by atomic mass is 35.5. The average Bonchev–Trinajstić information content (AvgIpc) is 1.99. The predicted octanol–water partition coefficient (Wildman–Crippen LogP) is 2.46. The molecule has 0 heterocycles. The summed E-state index contributed by atoms with van der Waals surface area (Å²) in [4.78, 5) is 0. The minimum absolute atomic E-state index is 0.444. The maximum Gasteiger partial charge on any atom is 0.163 e. The largest absolute Gasteiger partial charge is 0.163 e. The Morgan fingerprint density at radius 1 is 1.43 bits per heavy atom. The molecule has 0 atom stereocenters. The molecule has 0 saturated heterocycles. The van der Waals surface area contributed by atoms with Crippen molar-refractivity contribution in [3.63, 3.8) is 0 Å². The highest BCUT2D eigenvalue weighted by Crippen LogP contribution is 2.48. The first-order valence-corrected chi connectivity index (χ1v) is 3.41. The lowest BCUT2D eigenvalue weighted by Gasteiger charge is -2.07. The van der Waals surface area contributed by atoms with E-state index in [4.69, 9.17) is 23.2 Å². The van der Waals surface area contributed by atoms with Crippen molar-refractivity contribution in [2.75, 3.05) is 0 Å². The molecule has 0 aromatic carbocycles. The van der Waals surface area contributed by atoms with E-state index in [2.05, 4.69) is 12.6 Å². The van der Waals surface area contributed by atoms with Crippen LogP contribution in [-0.4, -0.2) is 3.67 Å². The van der Waals surface area contributed by atoms with Gasteiger partial charge in [-0.3, -0.25) is 0 Å². The Morgan fingerprint density at radius 3 is 1.86 bits per heavy atom. The second-order valence-electron chi connectivity index (χ2n) is 1.86. The van der Waals surface area contributed by atoms with Crippen molar-refractivity contribution in [3.8, 4) is 0 Å². The summed E-state index contributed by atoms with van der Waals surface area (Å²) in [5.41, 5.74) is 0. The van der Waals surface area contributed by atoms with Crippen molar-refractivity contribution in [2.24, 2.45) is 5.92 Å². The summed E-state index contributed by atoms with van der Waals surface area (Å²) >= 11 is 15.1. The number of thiol groups is 1. The smallest absolute Gasteiger partial charge is 0.141 e. The first-order chi connectivity index (χ1) is 3.11. The van der Waals surface area contributed by atoms with Gasteiger partial charge in [0, 0.05) is 5.92 Å². The third kappa shape index (κ3) is 1.71. The summed E-state index contributed by atoms with van der Waals surface area (Å²) in [6.45, 7) is 0. The number of rotatable bonds is 1. The van der Waals surface area contributed by atoms with Crippen molar-refractivity contribution < 1.29 is 0 Å². The van der Waals surface area contributed by atoms with Crippen LogP contribution in [0.5, 0.6) is 0 Å². The van der Waals surface area contributed by atoms with Gasteiger partial charge in [-0.2, -0.15) is 0 Å². The van der Waals surface area contributed by atoms with Gasteiger partial charge in [-0.05, 0) is 12.8 Å². The van der Waals surface area contributed by atoms with Crippen LogP contribution in [-0.2, 0) is 0 Å². The van der Waals surface area contributed by atoms with Gasteiger partial charge in [0.05, 0.1) is 0 Å². The van der Waals surface area contributed by atoms with Gasteiger partial charge in [0.25, 0.3) is 0 Å². The van der Waals surface area contributed by atoms with E-state index in [1.54, 1.807) is 0 Å². The third-order valence-corrected chi connectivity index (χ3v) is 2.05. The number of hydrogen-bond donors (Lipinski definition) is 1. The molecule has 0 unspecified atom stereocenters. The maximum absolute atomic E-state index is 5.56. The zero-order valence-electron chi connectivity index (χ0n) is 3.69. The number of halogens is 2. The van der Waals surface area contributed by atoms with E-state index in [1.165, 1.54) is 0 Å². The lowest BCUT2D eigenvalue weighted by Crippen LogP contribution is -2.03. The highest BCUT2D eigenvalue weighted by Gasteiger charge is 2.39. The molecule has 0 aliphatic heterocycles. The monoisotopic (exact) mass is 156 g/mol. The highest BCUT2D eigenvalue weighted by molar-refractivity contribution is 7.85. The van der Waals surface area contributed by atoms with Gasteiger partial charge >= 0.3 is 0 Å². The Balaban J connectivity index is 2.36. The molecule has 1 aliphatic carbocycles. The van der Waals surface area contributed by atoms with Gasteiger partial charge < -0.3 is 0 Å². The van der Waals surface area contributed by atoms with Crippen molar-refractivity contribution in [1.82, 2.24) is 0 Å². The van der Waals surface area contributed by atoms with E-state index in [9.17, 15) is 0 Å². The van der Waals surface area contributed by atoms with Gasteiger partial charge in [-0.25, -0.2) is 0 Å². The molecule has 7 heavy (non-hydrogen) atoms. The molecule has 0 amide bonds. The Morgan fingerprint density at radius 2 is 1.86 bits per heavy atom. The molecule has 0 aromatic rings. The molecular formula is C4H6Cl2S. The molecule has 0 bridgehead atoms. The molecule has 0 radical (unpaired) electrons. The maximum atomic E-state index is 5.56. The van der Waals surface area contributed by atoms with Crippen LogP contribution in [0.4, 0.5) is 0 Å². The summed E-state index contributed by atoms with van der Waals surface area (Å²) in [5.74, 6) is 0.444. The van der Waals surface area contributed by atoms with Gasteiger partial charge in [0.15, 0.2) is 3.67 Å². The van der Waals surface area contributed by atoms with Crippen molar-refractivity contribution in [2.45, 2.75) is 16.5 Å². The molecule has 1 saturated carbocycles. The van der Waals surface area contributed by atoms with Gasteiger partial charge in [-0.1, -0.05) is 23.2 Å². The summed E-state index contributed by atoms with van der Waals surface area (Å²) < 4.78 is -0.750. The quantitative estimate of drug-likeness (QED) is 0.438. The SMILES string of the molecule is SC(Cl)(Cl)C1CC1.